The third kappa shape index (κ3) is 5.05. The Morgan fingerprint density at radius 1 is 0.565 bits per heavy atom. The maximum Gasteiger partial charge on any atom is 0.115 e. The van der Waals surface area contributed by atoms with Gasteiger partial charge in [0.05, 0.1) is 11.0 Å². The van der Waals surface area contributed by atoms with Crippen LogP contribution in [0.15, 0.2) is 152 Å². The van der Waals surface area contributed by atoms with Gasteiger partial charge in [-0.3, -0.25) is 0 Å². The van der Waals surface area contributed by atoms with Gasteiger partial charge in [0.2, 0.25) is 0 Å². The van der Waals surface area contributed by atoms with Crippen molar-refractivity contribution < 1.29 is 0 Å². The highest BCUT2D eigenvalue weighted by atomic mass is 15.0. The first kappa shape index (κ1) is 36.3. The fourth-order valence-corrected chi connectivity index (χ4v) is 13.7. The number of aryl methyl sites for hydroxylation is 1. The van der Waals surface area contributed by atoms with Crippen molar-refractivity contribution in [3.05, 3.63) is 174 Å². The molecule has 4 bridgehead atoms. The zero-order chi connectivity index (χ0) is 41.5. The highest BCUT2D eigenvalue weighted by molar-refractivity contribution is 6.26. The number of aromatic nitrogens is 3. The standard InChI is InChI=1S/C59H51N3/c1-35-23-44(58(2,3)4)30-51-54-52(59(55(35)51)45-25-36-24-37(27-45)28-46(59)26-36)31-49(40-13-9-6-10-14-40)53-48-22-19-41-15-16-42(43-32-60-34-61-33-43)29-50(41)56(48)62(57(53)54)47-20-17-39(18-21-47)38-11-7-5-8-12-38/h5-23,29-34,36-37,45-46H,24-28H2,1-4H3. The average Bonchev–Trinajstić information content (AvgIpc) is 3.80. The normalized spacial score (nSPS) is 22.3. The molecule has 9 aromatic rings. The molecule has 0 amide bonds. The van der Waals surface area contributed by atoms with Crippen LogP contribution in [0.5, 0.6) is 0 Å². The minimum absolute atomic E-state index is 0.00268. The van der Waals surface area contributed by atoms with Gasteiger partial charge in [-0.1, -0.05) is 130 Å². The molecule has 0 aliphatic heterocycles. The molecule has 0 radical (unpaired) electrons. The molecule has 3 nitrogen and oxygen atoms in total. The van der Waals surface area contributed by atoms with E-state index in [-0.39, 0.29) is 10.8 Å². The second-order valence-electron chi connectivity index (χ2n) is 20.3. The van der Waals surface area contributed by atoms with Crippen LogP contribution in [-0.2, 0) is 10.8 Å². The number of hydrogen-bond donors (Lipinski definition) is 0. The van der Waals surface area contributed by atoms with Crippen LogP contribution in [0, 0.1) is 30.6 Å². The monoisotopic (exact) mass is 801 g/mol. The second kappa shape index (κ2) is 13.1. The minimum atomic E-state index is -0.00268. The summed E-state index contributed by atoms with van der Waals surface area (Å²) in [6.45, 7) is 9.64. The number of hydrogen-bond acceptors (Lipinski definition) is 2. The maximum atomic E-state index is 4.43. The molecular weight excluding hydrogens is 751 g/mol. The van der Waals surface area contributed by atoms with E-state index in [0.29, 0.717) is 11.8 Å². The molecule has 4 saturated carbocycles. The van der Waals surface area contributed by atoms with Crippen LogP contribution < -0.4 is 0 Å². The quantitative estimate of drug-likeness (QED) is 0.177. The van der Waals surface area contributed by atoms with Crippen LogP contribution in [0.2, 0.25) is 0 Å². The molecular formula is C59H51N3. The molecule has 2 heterocycles. The van der Waals surface area contributed by atoms with Crippen LogP contribution in [0.3, 0.4) is 0 Å². The summed E-state index contributed by atoms with van der Waals surface area (Å²) in [7, 11) is 0. The number of nitrogens with zero attached hydrogens (tertiary/aromatic N) is 3. The van der Waals surface area contributed by atoms with E-state index in [4.69, 9.17) is 0 Å². The van der Waals surface area contributed by atoms with Gasteiger partial charge >= 0.3 is 0 Å². The summed E-state index contributed by atoms with van der Waals surface area (Å²) in [5, 5.41) is 5.10. The van der Waals surface area contributed by atoms with Gasteiger partial charge in [-0.25, -0.2) is 9.97 Å². The van der Waals surface area contributed by atoms with Gasteiger partial charge in [-0.15, -0.1) is 0 Å². The third-order valence-corrected chi connectivity index (χ3v) is 16.0. The van der Waals surface area contributed by atoms with E-state index < -0.39 is 0 Å². The Hall–Kier alpha value is -6.32. The lowest BCUT2D eigenvalue weighted by Crippen LogP contribution is -2.55. The van der Waals surface area contributed by atoms with Gasteiger partial charge in [0.1, 0.15) is 6.33 Å². The molecule has 62 heavy (non-hydrogen) atoms. The summed E-state index contributed by atoms with van der Waals surface area (Å²) in [4.78, 5) is 8.86. The van der Waals surface area contributed by atoms with Crippen molar-refractivity contribution in [3.8, 4) is 50.2 Å². The Balaban J connectivity index is 1.24. The second-order valence-corrected chi connectivity index (χ2v) is 20.3. The van der Waals surface area contributed by atoms with Gasteiger partial charge in [-0.05, 0) is 153 Å². The molecule has 7 aromatic carbocycles. The SMILES string of the molecule is Cc1cc(C(C)(C)C)cc2c1C1(c3cc(-c4ccccc4)c4c5ccc6ccc(-c7cncnc7)cc6c5n(-c5ccc(-c6ccccc6)cc5)c4c3-2)C2CC3CC(C2)CC1C3. The van der Waals surface area contributed by atoms with Crippen molar-refractivity contribution >= 4 is 32.6 Å². The van der Waals surface area contributed by atoms with Gasteiger partial charge in [0, 0.05) is 50.8 Å². The first-order valence-electron chi connectivity index (χ1n) is 23.0. The number of rotatable bonds is 4. The van der Waals surface area contributed by atoms with Gasteiger partial charge in [-0.2, -0.15) is 0 Å². The van der Waals surface area contributed by atoms with Crippen LogP contribution in [0.25, 0.3) is 82.8 Å². The summed E-state index contributed by atoms with van der Waals surface area (Å²) in [6.07, 6.45) is 12.3. The molecule has 0 saturated heterocycles. The molecule has 2 aromatic heterocycles. The Labute approximate surface area is 364 Å². The maximum absolute atomic E-state index is 4.43. The fourth-order valence-electron chi connectivity index (χ4n) is 13.7. The van der Waals surface area contributed by atoms with Crippen molar-refractivity contribution in [3.63, 3.8) is 0 Å². The van der Waals surface area contributed by atoms with Crippen molar-refractivity contribution in [1.82, 2.24) is 14.5 Å². The van der Waals surface area contributed by atoms with Gasteiger partial charge < -0.3 is 4.57 Å². The van der Waals surface area contributed by atoms with Crippen molar-refractivity contribution in [2.24, 2.45) is 23.7 Å². The highest BCUT2D eigenvalue weighted by Crippen LogP contribution is 2.71. The molecule has 0 N–H and O–H groups in total. The first-order chi connectivity index (χ1) is 30.3. The molecule has 4 fully saturated rings. The molecule has 0 atom stereocenters. The average molecular weight is 802 g/mol. The van der Waals surface area contributed by atoms with Crippen molar-refractivity contribution in [1.29, 1.82) is 0 Å². The molecule has 1 spiro atoms. The van der Waals surface area contributed by atoms with E-state index in [1.54, 1.807) is 17.5 Å². The minimum Gasteiger partial charge on any atom is -0.308 e. The Morgan fingerprint density at radius 2 is 1.19 bits per heavy atom. The summed E-state index contributed by atoms with van der Waals surface area (Å²) in [5.41, 5.74) is 20.2. The summed E-state index contributed by atoms with van der Waals surface area (Å²) >= 11 is 0. The smallest absolute Gasteiger partial charge is 0.115 e. The summed E-state index contributed by atoms with van der Waals surface area (Å²) in [6, 6.07) is 51.2. The lowest BCUT2D eigenvalue weighted by Gasteiger charge is -2.61. The first-order valence-corrected chi connectivity index (χ1v) is 23.0. The summed E-state index contributed by atoms with van der Waals surface area (Å²) < 4.78 is 2.69. The highest BCUT2D eigenvalue weighted by Gasteiger charge is 2.62. The van der Waals surface area contributed by atoms with E-state index >= 15 is 0 Å². The van der Waals surface area contributed by atoms with Crippen LogP contribution >= 0.6 is 0 Å². The van der Waals surface area contributed by atoms with Crippen LogP contribution in [0.4, 0.5) is 0 Å². The van der Waals surface area contributed by atoms with E-state index in [9.17, 15) is 0 Å². The molecule has 0 unspecified atom stereocenters. The Bertz CT molecular complexity index is 3230. The lowest BCUT2D eigenvalue weighted by atomic mass is 9.42. The molecule has 302 valence electrons. The Kier molecular flexibility index (Phi) is 7.68. The van der Waals surface area contributed by atoms with E-state index in [2.05, 4.69) is 176 Å². The number of fused-ring (bicyclic) bond motifs is 9. The van der Waals surface area contributed by atoms with Crippen molar-refractivity contribution in [2.75, 3.05) is 0 Å². The van der Waals surface area contributed by atoms with Gasteiger partial charge in [0.15, 0.2) is 0 Å². The molecule has 3 heteroatoms. The Morgan fingerprint density at radius 3 is 1.87 bits per heavy atom. The third-order valence-electron chi connectivity index (χ3n) is 16.0. The van der Waals surface area contributed by atoms with Crippen molar-refractivity contribution in [2.45, 2.75) is 70.6 Å². The van der Waals surface area contributed by atoms with Crippen LogP contribution in [0.1, 0.15) is 75.1 Å². The zero-order valence-electron chi connectivity index (χ0n) is 36.1. The van der Waals surface area contributed by atoms with E-state index in [0.717, 1.165) is 23.0 Å². The predicted molar refractivity (Wildman–Crippen MR) is 257 cm³/mol. The predicted octanol–water partition coefficient (Wildman–Crippen LogP) is 15.1. The zero-order valence-corrected chi connectivity index (χ0v) is 36.1. The topological polar surface area (TPSA) is 30.7 Å². The largest absolute Gasteiger partial charge is 0.308 e. The molecule has 5 aliphatic carbocycles. The number of benzene rings is 7. The lowest BCUT2D eigenvalue weighted by molar-refractivity contribution is -0.0401. The summed E-state index contributed by atoms with van der Waals surface area (Å²) in [5.74, 6) is 3.04. The van der Waals surface area contributed by atoms with E-state index in [1.165, 1.54) is 115 Å². The van der Waals surface area contributed by atoms with E-state index in [1.807, 2.05) is 12.4 Å². The molecule has 5 aliphatic rings. The molecule has 14 rings (SSSR count). The van der Waals surface area contributed by atoms with Gasteiger partial charge in [0.25, 0.3) is 0 Å². The van der Waals surface area contributed by atoms with Crippen LogP contribution in [-0.4, -0.2) is 14.5 Å². The fraction of sp³-hybridized carbons (Fsp3) is 0.254.